The molecule has 0 spiro atoms. The molecule has 0 aromatic heterocycles. The lowest BCUT2D eigenvalue weighted by molar-refractivity contribution is 0.0306. The highest BCUT2D eigenvalue weighted by atomic mass is 19.1. The standard InChI is InChI=1S/C18H19FO/c1-12-8-9-14(10-17(12)19)18(2,20)16-11-15(16)13-6-4-3-5-7-13/h3-10,15-16,20H,11H2,1-2H3. The van der Waals surface area contributed by atoms with Crippen molar-refractivity contribution in [3.8, 4) is 0 Å². The van der Waals surface area contributed by atoms with Crippen LogP contribution in [-0.2, 0) is 5.60 Å². The third-order valence-electron chi connectivity index (χ3n) is 4.50. The van der Waals surface area contributed by atoms with E-state index in [1.165, 1.54) is 11.6 Å². The zero-order valence-corrected chi connectivity index (χ0v) is 11.8. The highest BCUT2D eigenvalue weighted by Gasteiger charge is 2.50. The molecule has 0 saturated heterocycles. The first kappa shape index (κ1) is 13.3. The summed E-state index contributed by atoms with van der Waals surface area (Å²) in [5.41, 5.74) is 1.56. The van der Waals surface area contributed by atoms with Gasteiger partial charge < -0.3 is 5.11 Å². The Hall–Kier alpha value is -1.67. The molecule has 1 aliphatic rings. The minimum Gasteiger partial charge on any atom is -0.385 e. The maximum absolute atomic E-state index is 13.7. The molecular weight excluding hydrogens is 251 g/mol. The van der Waals surface area contributed by atoms with E-state index in [2.05, 4.69) is 12.1 Å². The topological polar surface area (TPSA) is 20.2 Å². The fraction of sp³-hybridized carbons (Fsp3) is 0.333. The first-order chi connectivity index (χ1) is 9.50. The Morgan fingerprint density at radius 3 is 2.50 bits per heavy atom. The predicted molar refractivity (Wildman–Crippen MR) is 78.0 cm³/mol. The first-order valence-electron chi connectivity index (χ1n) is 7.04. The summed E-state index contributed by atoms with van der Waals surface area (Å²) in [4.78, 5) is 0. The molecule has 0 aliphatic heterocycles. The van der Waals surface area contributed by atoms with E-state index in [1.807, 2.05) is 24.3 Å². The van der Waals surface area contributed by atoms with Gasteiger partial charge in [0.2, 0.25) is 0 Å². The highest BCUT2D eigenvalue weighted by molar-refractivity contribution is 5.34. The van der Waals surface area contributed by atoms with Gasteiger partial charge in [-0.1, -0.05) is 42.5 Å². The van der Waals surface area contributed by atoms with Crippen LogP contribution in [0.3, 0.4) is 0 Å². The summed E-state index contributed by atoms with van der Waals surface area (Å²) >= 11 is 0. The Kier molecular flexibility index (Phi) is 3.14. The second kappa shape index (κ2) is 4.71. The van der Waals surface area contributed by atoms with E-state index < -0.39 is 5.60 Å². The van der Waals surface area contributed by atoms with Crippen LogP contribution < -0.4 is 0 Å². The Bertz CT molecular complexity index is 619. The fourth-order valence-electron chi connectivity index (χ4n) is 3.01. The normalized spacial score (nSPS) is 24.2. The Morgan fingerprint density at radius 1 is 1.15 bits per heavy atom. The molecule has 1 saturated carbocycles. The van der Waals surface area contributed by atoms with Gasteiger partial charge in [0.25, 0.3) is 0 Å². The Labute approximate surface area is 119 Å². The van der Waals surface area contributed by atoms with Crippen molar-refractivity contribution in [2.45, 2.75) is 31.8 Å². The van der Waals surface area contributed by atoms with Crippen LogP contribution in [0.2, 0.25) is 0 Å². The first-order valence-corrected chi connectivity index (χ1v) is 7.04. The summed E-state index contributed by atoms with van der Waals surface area (Å²) in [7, 11) is 0. The average molecular weight is 270 g/mol. The van der Waals surface area contributed by atoms with E-state index in [1.54, 1.807) is 19.9 Å². The number of hydrogen-bond donors (Lipinski definition) is 1. The minimum atomic E-state index is -0.977. The quantitative estimate of drug-likeness (QED) is 0.888. The van der Waals surface area contributed by atoms with Crippen molar-refractivity contribution in [3.05, 3.63) is 71.0 Å². The number of benzene rings is 2. The van der Waals surface area contributed by atoms with Crippen molar-refractivity contribution in [3.63, 3.8) is 0 Å². The maximum atomic E-state index is 13.7. The van der Waals surface area contributed by atoms with Crippen LogP contribution in [-0.4, -0.2) is 5.11 Å². The van der Waals surface area contributed by atoms with Crippen molar-refractivity contribution in [2.24, 2.45) is 5.92 Å². The smallest absolute Gasteiger partial charge is 0.126 e. The second-order valence-electron chi connectivity index (χ2n) is 5.97. The predicted octanol–water partition coefficient (Wildman–Crippen LogP) is 4.15. The average Bonchev–Trinajstić information content (AvgIpc) is 3.24. The Morgan fingerprint density at radius 2 is 1.85 bits per heavy atom. The number of rotatable bonds is 3. The van der Waals surface area contributed by atoms with Crippen molar-refractivity contribution < 1.29 is 9.50 Å². The van der Waals surface area contributed by atoms with E-state index in [-0.39, 0.29) is 11.7 Å². The van der Waals surface area contributed by atoms with Gasteiger partial charge >= 0.3 is 0 Å². The van der Waals surface area contributed by atoms with Gasteiger partial charge in [-0.25, -0.2) is 4.39 Å². The van der Waals surface area contributed by atoms with Gasteiger partial charge in [-0.05, 0) is 54.9 Å². The van der Waals surface area contributed by atoms with Crippen molar-refractivity contribution in [1.29, 1.82) is 0 Å². The molecule has 0 amide bonds. The summed E-state index contributed by atoms with van der Waals surface area (Å²) in [5, 5.41) is 10.8. The van der Waals surface area contributed by atoms with Gasteiger partial charge in [-0.3, -0.25) is 0 Å². The van der Waals surface area contributed by atoms with Crippen LogP contribution in [0.1, 0.15) is 36.0 Å². The number of halogens is 1. The molecule has 3 unspecified atom stereocenters. The summed E-state index contributed by atoms with van der Waals surface area (Å²) in [6, 6.07) is 15.3. The van der Waals surface area contributed by atoms with Gasteiger partial charge in [0.05, 0.1) is 5.60 Å². The van der Waals surface area contributed by atoms with Crippen LogP contribution in [0.25, 0.3) is 0 Å². The molecule has 3 rings (SSSR count). The van der Waals surface area contributed by atoms with Gasteiger partial charge in [0.15, 0.2) is 0 Å². The number of aliphatic hydroxyl groups is 1. The molecule has 1 N–H and O–H groups in total. The van der Waals surface area contributed by atoms with E-state index in [0.29, 0.717) is 17.0 Å². The molecule has 2 aromatic carbocycles. The maximum Gasteiger partial charge on any atom is 0.126 e. The molecule has 20 heavy (non-hydrogen) atoms. The molecule has 104 valence electrons. The van der Waals surface area contributed by atoms with Crippen molar-refractivity contribution >= 4 is 0 Å². The van der Waals surface area contributed by atoms with Gasteiger partial charge in [-0.15, -0.1) is 0 Å². The van der Waals surface area contributed by atoms with Gasteiger partial charge in [-0.2, -0.15) is 0 Å². The van der Waals surface area contributed by atoms with Crippen LogP contribution in [0.4, 0.5) is 4.39 Å². The van der Waals surface area contributed by atoms with E-state index in [9.17, 15) is 9.50 Å². The number of hydrogen-bond acceptors (Lipinski definition) is 1. The van der Waals surface area contributed by atoms with E-state index in [0.717, 1.165) is 6.42 Å². The largest absolute Gasteiger partial charge is 0.385 e. The van der Waals surface area contributed by atoms with E-state index >= 15 is 0 Å². The van der Waals surface area contributed by atoms with Crippen molar-refractivity contribution in [1.82, 2.24) is 0 Å². The Balaban J connectivity index is 1.85. The molecule has 0 radical (unpaired) electrons. The summed E-state index contributed by atoms with van der Waals surface area (Å²) in [5.74, 6) is 0.280. The molecular formula is C18H19FO. The lowest BCUT2D eigenvalue weighted by Crippen LogP contribution is -2.25. The summed E-state index contributed by atoms with van der Waals surface area (Å²) in [6.45, 7) is 3.53. The molecule has 1 fully saturated rings. The second-order valence-corrected chi connectivity index (χ2v) is 5.97. The molecule has 3 atom stereocenters. The van der Waals surface area contributed by atoms with Crippen LogP contribution >= 0.6 is 0 Å². The summed E-state index contributed by atoms with van der Waals surface area (Å²) < 4.78 is 13.7. The van der Waals surface area contributed by atoms with Crippen LogP contribution in [0.15, 0.2) is 48.5 Å². The monoisotopic (exact) mass is 270 g/mol. The minimum absolute atomic E-state index is 0.159. The number of aryl methyl sites for hydroxylation is 1. The third-order valence-corrected chi connectivity index (χ3v) is 4.50. The lowest BCUT2D eigenvalue weighted by atomic mass is 9.88. The molecule has 0 bridgehead atoms. The SMILES string of the molecule is Cc1ccc(C(C)(O)C2CC2c2ccccc2)cc1F. The zero-order chi connectivity index (χ0) is 14.3. The summed E-state index contributed by atoms with van der Waals surface area (Å²) in [6.07, 6.45) is 0.951. The van der Waals surface area contributed by atoms with Gasteiger partial charge in [0, 0.05) is 0 Å². The lowest BCUT2D eigenvalue weighted by Gasteiger charge is -2.25. The van der Waals surface area contributed by atoms with Gasteiger partial charge in [0.1, 0.15) is 5.82 Å². The third kappa shape index (κ3) is 2.25. The van der Waals surface area contributed by atoms with Crippen molar-refractivity contribution in [2.75, 3.05) is 0 Å². The van der Waals surface area contributed by atoms with Crippen LogP contribution in [0.5, 0.6) is 0 Å². The highest BCUT2D eigenvalue weighted by Crippen LogP contribution is 2.56. The molecule has 2 aromatic rings. The molecule has 2 heteroatoms. The van der Waals surface area contributed by atoms with E-state index in [4.69, 9.17) is 0 Å². The molecule has 1 nitrogen and oxygen atoms in total. The van der Waals surface area contributed by atoms with Crippen LogP contribution in [0, 0.1) is 18.7 Å². The zero-order valence-electron chi connectivity index (χ0n) is 11.8. The molecule has 1 aliphatic carbocycles. The fourth-order valence-corrected chi connectivity index (χ4v) is 3.01. The molecule has 0 heterocycles.